The summed E-state index contributed by atoms with van der Waals surface area (Å²) in [5, 5.41) is 0. The average molecular weight is 162 g/mol. The van der Waals surface area contributed by atoms with Crippen molar-refractivity contribution in [2.45, 2.75) is 13.8 Å². The minimum absolute atomic E-state index is 0.874. The molecule has 12 heavy (non-hydrogen) atoms. The number of aromatic amines is 1. The Morgan fingerprint density at radius 1 is 1.42 bits per heavy atom. The molecular formula is C9H10N2O. The van der Waals surface area contributed by atoms with Crippen molar-refractivity contribution in [3.05, 3.63) is 30.0 Å². The highest BCUT2D eigenvalue weighted by molar-refractivity contribution is 5.56. The summed E-state index contributed by atoms with van der Waals surface area (Å²) in [6, 6.07) is 1.91. The zero-order valence-corrected chi connectivity index (χ0v) is 7.09. The van der Waals surface area contributed by atoms with Gasteiger partial charge in [0.1, 0.15) is 11.6 Å². The van der Waals surface area contributed by atoms with Crippen LogP contribution in [0.15, 0.2) is 22.9 Å². The first-order valence-corrected chi connectivity index (χ1v) is 3.83. The van der Waals surface area contributed by atoms with Crippen molar-refractivity contribution in [1.82, 2.24) is 9.97 Å². The van der Waals surface area contributed by atoms with Crippen molar-refractivity contribution in [3.8, 4) is 11.4 Å². The molecule has 2 aromatic heterocycles. The summed E-state index contributed by atoms with van der Waals surface area (Å²) in [5.74, 6) is 1.77. The molecule has 0 aromatic carbocycles. The van der Waals surface area contributed by atoms with Crippen LogP contribution in [-0.2, 0) is 0 Å². The van der Waals surface area contributed by atoms with Gasteiger partial charge in [0, 0.05) is 11.9 Å². The number of hydrogen-bond acceptors (Lipinski definition) is 2. The van der Waals surface area contributed by atoms with Crippen molar-refractivity contribution < 1.29 is 4.42 Å². The molecule has 0 aliphatic rings. The first-order chi connectivity index (χ1) is 5.77. The van der Waals surface area contributed by atoms with E-state index in [2.05, 4.69) is 9.97 Å². The van der Waals surface area contributed by atoms with Gasteiger partial charge in [-0.15, -0.1) is 0 Å². The Labute approximate surface area is 70.4 Å². The molecule has 2 rings (SSSR count). The Morgan fingerprint density at radius 2 is 2.25 bits per heavy atom. The van der Waals surface area contributed by atoms with Gasteiger partial charge in [-0.3, -0.25) is 0 Å². The van der Waals surface area contributed by atoms with Crippen molar-refractivity contribution in [3.63, 3.8) is 0 Å². The molecule has 3 nitrogen and oxygen atoms in total. The summed E-state index contributed by atoms with van der Waals surface area (Å²) in [7, 11) is 0. The second-order valence-electron chi connectivity index (χ2n) is 2.81. The standard InChI is InChI=1S/C9H10N2O/c1-6-5-10-9(11-6)8-3-4-12-7(8)2/h3-5H,1-2H3,(H,10,11). The highest BCUT2D eigenvalue weighted by atomic mass is 16.3. The lowest BCUT2D eigenvalue weighted by Crippen LogP contribution is -1.79. The normalized spacial score (nSPS) is 10.5. The van der Waals surface area contributed by atoms with Gasteiger partial charge in [-0.25, -0.2) is 4.98 Å². The molecule has 1 N–H and O–H groups in total. The molecule has 62 valence electrons. The van der Waals surface area contributed by atoms with Crippen LogP contribution in [-0.4, -0.2) is 9.97 Å². The molecule has 0 radical (unpaired) electrons. The molecule has 0 spiro atoms. The average Bonchev–Trinajstić information content (AvgIpc) is 2.58. The van der Waals surface area contributed by atoms with Crippen LogP contribution >= 0.6 is 0 Å². The maximum Gasteiger partial charge on any atom is 0.141 e. The first-order valence-electron chi connectivity index (χ1n) is 3.83. The fourth-order valence-corrected chi connectivity index (χ4v) is 1.18. The van der Waals surface area contributed by atoms with E-state index < -0.39 is 0 Å². The van der Waals surface area contributed by atoms with E-state index in [4.69, 9.17) is 4.42 Å². The largest absolute Gasteiger partial charge is 0.469 e. The van der Waals surface area contributed by atoms with E-state index in [1.807, 2.05) is 26.1 Å². The lowest BCUT2D eigenvalue weighted by Gasteiger charge is -1.91. The van der Waals surface area contributed by atoms with Crippen LogP contribution in [0.3, 0.4) is 0 Å². The number of imidazole rings is 1. The molecule has 2 aromatic rings. The van der Waals surface area contributed by atoms with Crippen LogP contribution in [0.1, 0.15) is 11.5 Å². The quantitative estimate of drug-likeness (QED) is 0.699. The topological polar surface area (TPSA) is 41.8 Å². The smallest absolute Gasteiger partial charge is 0.141 e. The summed E-state index contributed by atoms with van der Waals surface area (Å²) in [5.41, 5.74) is 2.09. The Balaban J connectivity index is 2.50. The summed E-state index contributed by atoms with van der Waals surface area (Å²) in [4.78, 5) is 7.35. The maximum absolute atomic E-state index is 5.17. The maximum atomic E-state index is 5.17. The zero-order chi connectivity index (χ0) is 8.55. The van der Waals surface area contributed by atoms with Gasteiger partial charge in [0.05, 0.1) is 11.8 Å². The van der Waals surface area contributed by atoms with Crippen molar-refractivity contribution in [2.24, 2.45) is 0 Å². The lowest BCUT2D eigenvalue weighted by molar-refractivity contribution is 0.535. The molecule has 0 atom stereocenters. The van der Waals surface area contributed by atoms with Gasteiger partial charge in [0.25, 0.3) is 0 Å². The van der Waals surface area contributed by atoms with Crippen molar-refractivity contribution in [1.29, 1.82) is 0 Å². The van der Waals surface area contributed by atoms with Crippen LogP contribution < -0.4 is 0 Å². The van der Waals surface area contributed by atoms with E-state index in [-0.39, 0.29) is 0 Å². The minimum Gasteiger partial charge on any atom is -0.469 e. The fraction of sp³-hybridized carbons (Fsp3) is 0.222. The van der Waals surface area contributed by atoms with Crippen LogP contribution in [0.5, 0.6) is 0 Å². The third-order valence-electron chi connectivity index (χ3n) is 1.82. The number of furan rings is 1. The van der Waals surface area contributed by atoms with Crippen molar-refractivity contribution >= 4 is 0 Å². The highest BCUT2D eigenvalue weighted by Gasteiger charge is 2.06. The van der Waals surface area contributed by atoms with E-state index in [1.54, 1.807) is 6.26 Å². The Morgan fingerprint density at radius 3 is 2.75 bits per heavy atom. The first kappa shape index (κ1) is 7.16. The monoisotopic (exact) mass is 162 g/mol. The van der Waals surface area contributed by atoms with Gasteiger partial charge >= 0.3 is 0 Å². The third kappa shape index (κ3) is 1.03. The highest BCUT2D eigenvalue weighted by Crippen LogP contribution is 2.20. The number of aryl methyl sites for hydroxylation is 2. The van der Waals surface area contributed by atoms with Gasteiger partial charge in [0.15, 0.2) is 0 Å². The van der Waals surface area contributed by atoms with Gasteiger partial charge in [-0.05, 0) is 19.9 Å². The summed E-state index contributed by atoms with van der Waals surface area (Å²) in [6.45, 7) is 3.90. The molecule has 0 unspecified atom stereocenters. The number of H-pyrrole nitrogens is 1. The predicted molar refractivity (Wildman–Crippen MR) is 45.8 cm³/mol. The van der Waals surface area contributed by atoms with Gasteiger partial charge in [-0.1, -0.05) is 0 Å². The number of nitrogens with one attached hydrogen (secondary N) is 1. The molecule has 0 fully saturated rings. The zero-order valence-electron chi connectivity index (χ0n) is 7.09. The Hall–Kier alpha value is -1.51. The molecule has 0 saturated carbocycles. The number of nitrogens with zero attached hydrogens (tertiary/aromatic N) is 1. The van der Waals surface area contributed by atoms with E-state index in [1.165, 1.54) is 0 Å². The van der Waals surface area contributed by atoms with E-state index >= 15 is 0 Å². The molecule has 0 saturated heterocycles. The van der Waals surface area contributed by atoms with E-state index in [9.17, 15) is 0 Å². The molecule has 0 amide bonds. The van der Waals surface area contributed by atoms with Crippen LogP contribution in [0.4, 0.5) is 0 Å². The number of hydrogen-bond donors (Lipinski definition) is 1. The predicted octanol–water partition coefficient (Wildman–Crippen LogP) is 2.29. The number of rotatable bonds is 1. The van der Waals surface area contributed by atoms with Crippen LogP contribution in [0.25, 0.3) is 11.4 Å². The summed E-state index contributed by atoms with van der Waals surface area (Å²) >= 11 is 0. The van der Waals surface area contributed by atoms with Gasteiger partial charge < -0.3 is 9.40 Å². The van der Waals surface area contributed by atoms with Gasteiger partial charge in [0.2, 0.25) is 0 Å². The van der Waals surface area contributed by atoms with Crippen molar-refractivity contribution in [2.75, 3.05) is 0 Å². The van der Waals surface area contributed by atoms with E-state index in [0.717, 1.165) is 22.8 Å². The molecule has 0 bridgehead atoms. The molecule has 3 heteroatoms. The molecule has 0 aliphatic heterocycles. The minimum atomic E-state index is 0.874. The summed E-state index contributed by atoms with van der Waals surface area (Å²) < 4.78 is 5.17. The second kappa shape index (κ2) is 2.52. The second-order valence-corrected chi connectivity index (χ2v) is 2.81. The third-order valence-corrected chi connectivity index (χ3v) is 1.82. The van der Waals surface area contributed by atoms with Crippen LogP contribution in [0, 0.1) is 13.8 Å². The molecule has 2 heterocycles. The van der Waals surface area contributed by atoms with E-state index in [0.29, 0.717) is 0 Å². The Bertz CT molecular complexity index is 387. The fourth-order valence-electron chi connectivity index (χ4n) is 1.18. The Kier molecular flexibility index (Phi) is 1.50. The van der Waals surface area contributed by atoms with Gasteiger partial charge in [-0.2, -0.15) is 0 Å². The molecule has 0 aliphatic carbocycles. The summed E-state index contributed by atoms with van der Waals surface area (Å²) in [6.07, 6.45) is 3.48. The SMILES string of the molecule is Cc1cnc(-c2ccoc2C)[nH]1. The number of aromatic nitrogens is 2. The van der Waals surface area contributed by atoms with Crippen LogP contribution in [0.2, 0.25) is 0 Å². The lowest BCUT2D eigenvalue weighted by atomic mass is 10.2. The molecular weight excluding hydrogens is 152 g/mol.